The highest BCUT2D eigenvalue weighted by Gasteiger charge is 2.38. The van der Waals surface area contributed by atoms with Crippen molar-refractivity contribution in [1.29, 1.82) is 0 Å². The predicted octanol–water partition coefficient (Wildman–Crippen LogP) is 1.79. The number of piperazine rings is 1. The molecular formula is C19H29N3O3S. The van der Waals surface area contributed by atoms with Gasteiger partial charge in [-0.1, -0.05) is 26.0 Å². The molecule has 26 heavy (non-hydrogen) atoms. The Morgan fingerprint density at radius 2 is 1.81 bits per heavy atom. The lowest BCUT2D eigenvalue weighted by Gasteiger charge is -2.29. The number of nitrogens with zero attached hydrogens (tertiary/aromatic N) is 2. The molecule has 2 fully saturated rings. The number of benzene rings is 1. The minimum absolute atomic E-state index is 0.0422. The second-order valence-corrected chi connectivity index (χ2v) is 9.34. The molecule has 3 rings (SSSR count). The summed E-state index contributed by atoms with van der Waals surface area (Å²) in [7, 11) is -3.56. The summed E-state index contributed by atoms with van der Waals surface area (Å²) >= 11 is 0. The van der Waals surface area contributed by atoms with Crippen molar-refractivity contribution in [1.82, 2.24) is 14.5 Å². The zero-order valence-corrected chi connectivity index (χ0v) is 16.5. The Bertz CT molecular complexity index is 721. The van der Waals surface area contributed by atoms with Crippen LogP contribution < -0.4 is 5.32 Å². The van der Waals surface area contributed by atoms with E-state index in [0.29, 0.717) is 23.9 Å². The van der Waals surface area contributed by atoms with E-state index in [1.54, 1.807) is 12.1 Å². The second-order valence-electron chi connectivity index (χ2n) is 7.45. The number of rotatable bonds is 7. The molecule has 7 heteroatoms. The molecule has 0 radical (unpaired) electrons. The van der Waals surface area contributed by atoms with E-state index in [0.717, 1.165) is 31.5 Å². The average molecular weight is 380 g/mol. The highest BCUT2D eigenvalue weighted by Crippen LogP contribution is 2.32. The first-order valence-corrected chi connectivity index (χ1v) is 10.9. The summed E-state index contributed by atoms with van der Waals surface area (Å²) in [6, 6.07) is 7.19. The van der Waals surface area contributed by atoms with Gasteiger partial charge in [-0.2, -0.15) is 4.31 Å². The van der Waals surface area contributed by atoms with Gasteiger partial charge in [-0.15, -0.1) is 0 Å². The van der Waals surface area contributed by atoms with Gasteiger partial charge in [0.05, 0.1) is 4.90 Å². The summed E-state index contributed by atoms with van der Waals surface area (Å²) in [5.74, 6) is 0.408. The Labute approximate surface area is 156 Å². The van der Waals surface area contributed by atoms with E-state index < -0.39 is 10.0 Å². The Kier molecular flexibility index (Phi) is 5.99. The molecule has 1 amide bonds. The van der Waals surface area contributed by atoms with Crippen LogP contribution in [-0.2, 0) is 14.8 Å². The number of sulfonamides is 1. The van der Waals surface area contributed by atoms with Crippen molar-refractivity contribution in [2.45, 2.75) is 50.0 Å². The van der Waals surface area contributed by atoms with Gasteiger partial charge >= 0.3 is 0 Å². The van der Waals surface area contributed by atoms with Gasteiger partial charge < -0.3 is 10.2 Å². The molecule has 0 spiro atoms. The molecule has 1 aliphatic carbocycles. The van der Waals surface area contributed by atoms with Crippen LogP contribution in [0.4, 0.5) is 0 Å². The van der Waals surface area contributed by atoms with Crippen LogP contribution in [0.3, 0.4) is 0 Å². The molecule has 6 nitrogen and oxygen atoms in total. The van der Waals surface area contributed by atoms with Crippen LogP contribution in [0.5, 0.6) is 0 Å². The van der Waals surface area contributed by atoms with E-state index in [1.165, 1.54) is 4.31 Å². The summed E-state index contributed by atoms with van der Waals surface area (Å²) in [6.07, 6.45) is 2.01. The normalized spacial score (nSPS) is 18.5. The van der Waals surface area contributed by atoms with Crippen molar-refractivity contribution >= 4 is 15.9 Å². The number of amides is 1. The molecule has 1 heterocycles. The van der Waals surface area contributed by atoms with Crippen molar-refractivity contribution in [2.75, 3.05) is 32.7 Å². The number of hydrogen-bond donors (Lipinski definition) is 1. The van der Waals surface area contributed by atoms with Gasteiger partial charge in [-0.3, -0.25) is 4.79 Å². The van der Waals surface area contributed by atoms with Gasteiger partial charge in [0.25, 0.3) is 0 Å². The van der Waals surface area contributed by atoms with Crippen molar-refractivity contribution in [3.63, 3.8) is 0 Å². The van der Waals surface area contributed by atoms with Crippen LogP contribution >= 0.6 is 0 Å². The quantitative estimate of drug-likeness (QED) is 0.784. The summed E-state index contributed by atoms with van der Waals surface area (Å²) in [4.78, 5) is 14.6. The zero-order chi connectivity index (χ0) is 18.7. The third kappa shape index (κ3) is 4.45. The summed E-state index contributed by atoms with van der Waals surface area (Å²) in [5.41, 5.74) is 1.12. The highest BCUT2D eigenvalue weighted by atomic mass is 32.2. The Morgan fingerprint density at radius 1 is 1.19 bits per heavy atom. The molecule has 1 saturated heterocycles. The number of carbonyl (C=O) groups excluding carboxylic acids is 1. The van der Waals surface area contributed by atoms with E-state index in [9.17, 15) is 13.2 Å². The van der Waals surface area contributed by atoms with E-state index in [-0.39, 0.29) is 24.9 Å². The lowest BCUT2D eigenvalue weighted by Crippen LogP contribution is -2.47. The largest absolute Gasteiger partial charge is 0.340 e. The Morgan fingerprint density at radius 3 is 2.35 bits per heavy atom. The fourth-order valence-electron chi connectivity index (χ4n) is 3.30. The van der Waals surface area contributed by atoms with Crippen molar-refractivity contribution in [3.8, 4) is 0 Å². The Balaban J connectivity index is 1.69. The van der Waals surface area contributed by atoms with Gasteiger partial charge in [0.2, 0.25) is 15.9 Å². The van der Waals surface area contributed by atoms with Crippen LogP contribution in [0, 0.1) is 0 Å². The van der Waals surface area contributed by atoms with Gasteiger partial charge in [0, 0.05) is 45.2 Å². The van der Waals surface area contributed by atoms with Crippen LogP contribution in [0.25, 0.3) is 0 Å². The summed E-state index contributed by atoms with van der Waals surface area (Å²) in [6.45, 7) is 7.44. The van der Waals surface area contributed by atoms with E-state index >= 15 is 0 Å². The maximum absolute atomic E-state index is 13.1. The van der Waals surface area contributed by atoms with Gasteiger partial charge in [0.15, 0.2) is 0 Å². The maximum Gasteiger partial charge on any atom is 0.243 e. The topological polar surface area (TPSA) is 69.7 Å². The fraction of sp³-hybridized carbons (Fsp3) is 0.632. The molecule has 1 aromatic rings. The van der Waals surface area contributed by atoms with E-state index in [4.69, 9.17) is 0 Å². The second kappa shape index (κ2) is 8.06. The SMILES string of the molecule is CC(C)c1ccc(S(=O)(=O)N(CCC(=O)N2CCNCC2)C2CC2)cc1. The first-order valence-electron chi connectivity index (χ1n) is 9.50. The standard InChI is InChI=1S/C19H29N3O3S/c1-15(2)16-3-7-18(8-4-16)26(24,25)22(17-5-6-17)12-9-19(23)21-13-10-20-11-14-21/h3-4,7-8,15,17,20H,5-6,9-14H2,1-2H3. The lowest BCUT2D eigenvalue weighted by molar-refractivity contribution is -0.131. The molecule has 0 bridgehead atoms. The van der Waals surface area contributed by atoms with E-state index in [1.807, 2.05) is 17.0 Å². The number of carbonyl (C=O) groups is 1. The fourth-order valence-corrected chi connectivity index (χ4v) is 4.99. The molecule has 1 saturated carbocycles. The molecule has 2 aliphatic rings. The first-order chi connectivity index (χ1) is 12.4. The average Bonchev–Trinajstić information content (AvgIpc) is 3.47. The minimum Gasteiger partial charge on any atom is -0.340 e. The van der Waals surface area contributed by atoms with Crippen LogP contribution in [0.1, 0.15) is 44.6 Å². The number of hydrogen-bond acceptors (Lipinski definition) is 4. The predicted molar refractivity (Wildman–Crippen MR) is 102 cm³/mol. The van der Waals surface area contributed by atoms with E-state index in [2.05, 4.69) is 19.2 Å². The smallest absolute Gasteiger partial charge is 0.243 e. The van der Waals surface area contributed by atoms with Crippen LogP contribution in [-0.4, -0.2) is 62.3 Å². The van der Waals surface area contributed by atoms with Crippen molar-refractivity contribution < 1.29 is 13.2 Å². The summed E-state index contributed by atoms with van der Waals surface area (Å²) in [5, 5.41) is 3.22. The molecule has 1 aliphatic heterocycles. The summed E-state index contributed by atoms with van der Waals surface area (Å²) < 4.78 is 27.7. The maximum atomic E-state index is 13.1. The highest BCUT2D eigenvalue weighted by molar-refractivity contribution is 7.89. The first kappa shape index (κ1) is 19.3. The lowest BCUT2D eigenvalue weighted by atomic mass is 10.0. The Hall–Kier alpha value is -1.44. The molecule has 1 N–H and O–H groups in total. The molecule has 144 valence electrons. The molecule has 1 aromatic carbocycles. The number of nitrogens with one attached hydrogen (secondary N) is 1. The van der Waals surface area contributed by atoms with Gasteiger partial charge in [-0.25, -0.2) is 8.42 Å². The third-order valence-electron chi connectivity index (χ3n) is 5.12. The van der Waals surface area contributed by atoms with Gasteiger partial charge in [0.1, 0.15) is 0 Å². The molecule has 0 aromatic heterocycles. The molecule has 0 atom stereocenters. The van der Waals surface area contributed by atoms with Crippen LogP contribution in [0.2, 0.25) is 0 Å². The van der Waals surface area contributed by atoms with Crippen molar-refractivity contribution in [3.05, 3.63) is 29.8 Å². The van der Waals surface area contributed by atoms with Crippen LogP contribution in [0.15, 0.2) is 29.2 Å². The zero-order valence-electron chi connectivity index (χ0n) is 15.6. The van der Waals surface area contributed by atoms with Gasteiger partial charge in [-0.05, 0) is 36.5 Å². The third-order valence-corrected chi connectivity index (χ3v) is 7.09. The monoisotopic (exact) mass is 379 g/mol. The minimum atomic E-state index is -3.56. The van der Waals surface area contributed by atoms with Crippen molar-refractivity contribution in [2.24, 2.45) is 0 Å². The molecular weight excluding hydrogens is 350 g/mol. The molecule has 0 unspecified atom stereocenters.